The van der Waals surface area contributed by atoms with Gasteiger partial charge in [0.2, 0.25) is 11.8 Å². The highest BCUT2D eigenvalue weighted by atomic mass is 16.5. The standard InChI is InChI=1S/C19H26N4O6/c20-19(28)29-15-2-1-7-23(18(15)27)14(8-11-3-4-11)17(26)22-13(10-24)9-12-5-6-21-16(12)25/h1-2,7,11-14,24H,3-6,8-10H2,(H2,20,28)(H,21,25)(H,22,26). The van der Waals surface area contributed by atoms with E-state index in [1.54, 1.807) is 0 Å². The molecule has 29 heavy (non-hydrogen) atoms. The number of aliphatic hydroxyl groups excluding tert-OH is 1. The van der Waals surface area contributed by atoms with E-state index in [-0.39, 0.29) is 24.2 Å². The zero-order chi connectivity index (χ0) is 21.0. The molecule has 1 saturated heterocycles. The number of amides is 3. The Morgan fingerprint density at radius 1 is 1.31 bits per heavy atom. The van der Waals surface area contributed by atoms with Gasteiger partial charge in [0, 0.05) is 18.7 Å². The Morgan fingerprint density at radius 3 is 2.66 bits per heavy atom. The van der Waals surface area contributed by atoms with Crippen molar-refractivity contribution in [2.75, 3.05) is 13.2 Å². The number of hydrogen-bond acceptors (Lipinski definition) is 6. The third-order valence-electron chi connectivity index (χ3n) is 5.34. The van der Waals surface area contributed by atoms with E-state index in [2.05, 4.69) is 10.6 Å². The Bertz CT molecular complexity index is 834. The molecule has 1 aromatic rings. The Labute approximate surface area is 167 Å². The number of aliphatic hydroxyl groups is 1. The molecular formula is C19H26N4O6. The summed E-state index contributed by atoms with van der Waals surface area (Å²) in [7, 11) is 0. The van der Waals surface area contributed by atoms with Crippen molar-refractivity contribution in [1.29, 1.82) is 0 Å². The summed E-state index contributed by atoms with van der Waals surface area (Å²) in [6.45, 7) is 0.271. The first-order valence-electron chi connectivity index (χ1n) is 9.76. The lowest BCUT2D eigenvalue weighted by Gasteiger charge is -2.24. The molecule has 5 N–H and O–H groups in total. The molecule has 10 nitrogen and oxygen atoms in total. The molecule has 3 rings (SSSR count). The van der Waals surface area contributed by atoms with Gasteiger partial charge in [-0.15, -0.1) is 0 Å². The van der Waals surface area contributed by atoms with Crippen LogP contribution in [-0.4, -0.2) is 46.8 Å². The van der Waals surface area contributed by atoms with Crippen LogP contribution in [0.2, 0.25) is 0 Å². The van der Waals surface area contributed by atoms with E-state index >= 15 is 0 Å². The van der Waals surface area contributed by atoms with Crippen LogP contribution in [0, 0.1) is 11.8 Å². The van der Waals surface area contributed by atoms with E-state index in [1.165, 1.54) is 22.9 Å². The van der Waals surface area contributed by atoms with Crippen LogP contribution in [0.15, 0.2) is 23.1 Å². The van der Waals surface area contributed by atoms with Gasteiger partial charge < -0.3 is 26.2 Å². The molecule has 0 radical (unpaired) electrons. The average Bonchev–Trinajstić information content (AvgIpc) is 3.42. The van der Waals surface area contributed by atoms with Gasteiger partial charge in [-0.1, -0.05) is 12.8 Å². The topological polar surface area (TPSA) is 153 Å². The lowest BCUT2D eigenvalue weighted by molar-refractivity contribution is -0.127. The van der Waals surface area contributed by atoms with Crippen LogP contribution in [0.25, 0.3) is 0 Å². The van der Waals surface area contributed by atoms with Crippen molar-refractivity contribution >= 4 is 17.9 Å². The molecule has 2 heterocycles. The summed E-state index contributed by atoms with van der Waals surface area (Å²) in [6.07, 6.45) is 3.73. The van der Waals surface area contributed by atoms with Crippen LogP contribution in [0.4, 0.5) is 4.79 Å². The average molecular weight is 406 g/mol. The van der Waals surface area contributed by atoms with Gasteiger partial charge in [0.1, 0.15) is 6.04 Å². The maximum Gasteiger partial charge on any atom is 0.410 e. The highest BCUT2D eigenvalue weighted by molar-refractivity contribution is 5.82. The second-order valence-electron chi connectivity index (χ2n) is 7.60. The summed E-state index contributed by atoms with van der Waals surface area (Å²) in [5, 5.41) is 15.2. The molecule has 1 saturated carbocycles. The Balaban J connectivity index is 1.77. The number of aromatic nitrogens is 1. The maximum atomic E-state index is 13.0. The van der Waals surface area contributed by atoms with E-state index in [9.17, 15) is 24.3 Å². The zero-order valence-electron chi connectivity index (χ0n) is 16.0. The Hall–Kier alpha value is -2.88. The molecule has 3 unspecified atom stereocenters. The van der Waals surface area contributed by atoms with Crippen molar-refractivity contribution in [3.8, 4) is 5.75 Å². The summed E-state index contributed by atoms with van der Waals surface area (Å²) in [6, 6.07) is 1.39. The molecule has 2 aliphatic rings. The van der Waals surface area contributed by atoms with Crippen molar-refractivity contribution < 1.29 is 24.2 Å². The molecular weight excluding hydrogens is 380 g/mol. The van der Waals surface area contributed by atoms with Crippen LogP contribution < -0.4 is 26.7 Å². The molecule has 0 bridgehead atoms. The minimum Gasteiger partial charge on any atom is -0.405 e. The molecule has 3 amide bonds. The number of nitrogens with one attached hydrogen (secondary N) is 2. The fourth-order valence-corrected chi connectivity index (χ4v) is 3.63. The minimum absolute atomic E-state index is 0.0836. The minimum atomic E-state index is -1.11. The number of primary amides is 1. The van der Waals surface area contributed by atoms with Gasteiger partial charge >= 0.3 is 6.09 Å². The highest BCUT2D eigenvalue weighted by Crippen LogP contribution is 2.36. The maximum absolute atomic E-state index is 13.0. The number of carbonyl (C=O) groups excluding carboxylic acids is 3. The number of rotatable bonds is 9. The Morgan fingerprint density at radius 2 is 2.07 bits per heavy atom. The second kappa shape index (κ2) is 9.08. The SMILES string of the molecule is NC(=O)Oc1cccn(C(CC2CC2)C(=O)NC(CO)CC2CCNC2=O)c1=O. The van der Waals surface area contributed by atoms with Gasteiger partial charge in [0.25, 0.3) is 5.56 Å². The van der Waals surface area contributed by atoms with Crippen molar-refractivity contribution in [3.05, 3.63) is 28.7 Å². The van der Waals surface area contributed by atoms with Crippen molar-refractivity contribution in [2.45, 2.75) is 44.2 Å². The van der Waals surface area contributed by atoms with Crippen molar-refractivity contribution in [3.63, 3.8) is 0 Å². The molecule has 2 fully saturated rings. The van der Waals surface area contributed by atoms with Gasteiger partial charge in [-0.2, -0.15) is 0 Å². The fraction of sp³-hybridized carbons (Fsp3) is 0.579. The van der Waals surface area contributed by atoms with Crippen LogP contribution in [-0.2, 0) is 9.59 Å². The second-order valence-corrected chi connectivity index (χ2v) is 7.60. The monoisotopic (exact) mass is 406 g/mol. The van der Waals surface area contributed by atoms with Gasteiger partial charge in [-0.3, -0.25) is 19.0 Å². The van der Waals surface area contributed by atoms with Crippen LogP contribution in [0.3, 0.4) is 0 Å². The summed E-state index contributed by atoms with van der Waals surface area (Å²) in [5.41, 5.74) is 4.36. The number of hydrogen-bond donors (Lipinski definition) is 4. The first-order valence-corrected chi connectivity index (χ1v) is 9.76. The number of carbonyl (C=O) groups is 3. The first-order chi connectivity index (χ1) is 13.9. The zero-order valence-corrected chi connectivity index (χ0v) is 16.0. The molecule has 10 heteroatoms. The summed E-state index contributed by atoms with van der Waals surface area (Å²) in [5.74, 6) is -0.696. The van der Waals surface area contributed by atoms with E-state index < -0.39 is 29.6 Å². The predicted octanol–water partition coefficient (Wildman–Crippen LogP) is -0.350. The smallest absolute Gasteiger partial charge is 0.405 e. The largest absolute Gasteiger partial charge is 0.410 e. The first kappa shape index (κ1) is 20.8. The van der Waals surface area contributed by atoms with Gasteiger partial charge in [-0.05, 0) is 37.3 Å². The fourth-order valence-electron chi connectivity index (χ4n) is 3.63. The van der Waals surface area contributed by atoms with Gasteiger partial charge in [0.05, 0.1) is 12.6 Å². The van der Waals surface area contributed by atoms with Gasteiger partial charge in [-0.25, -0.2) is 4.79 Å². The van der Waals surface area contributed by atoms with Crippen LogP contribution in [0.1, 0.15) is 38.1 Å². The third kappa shape index (κ3) is 5.35. The van der Waals surface area contributed by atoms with E-state index in [0.29, 0.717) is 31.7 Å². The highest BCUT2D eigenvalue weighted by Gasteiger charge is 2.33. The van der Waals surface area contributed by atoms with Crippen molar-refractivity contribution in [2.24, 2.45) is 17.6 Å². The summed E-state index contributed by atoms with van der Waals surface area (Å²) in [4.78, 5) is 48.5. The number of nitrogens with two attached hydrogens (primary N) is 1. The van der Waals surface area contributed by atoms with Crippen LogP contribution in [0.5, 0.6) is 5.75 Å². The van der Waals surface area contributed by atoms with E-state index in [0.717, 1.165) is 12.8 Å². The summed E-state index contributed by atoms with van der Waals surface area (Å²) < 4.78 is 5.95. The molecule has 158 valence electrons. The molecule has 1 aliphatic heterocycles. The molecule has 1 aliphatic carbocycles. The third-order valence-corrected chi connectivity index (χ3v) is 5.34. The molecule has 1 aromatic heterocycles. The Kier molecular flexibility index (Phi) is 6.53. The molecule has 0 aromatic carbocycles. The summed E-state index contributed by atoms with van der Waals surface area (Å²) >= 11 is 0. The molecule has 3 atom stereocenters. The van der Waals surface area contributed by atoms with E-state index in [4.69, 9.17) is 10.5 Å². The normalized spacial score (nSPS) is 20.6. The number of pyridine rings is 1. The van der Waals surface area contributed by atoms with E-state index in [1.807, 2.05) is 0 Å². The predicted molar refractivity (Wildman–Crippen MR) is 102 cm³/mol. The van der Waals surface area contributed by atoms with Crippen molar-refractivity contribution in [1.82, 2.24) is 15.2 Å². The van der Waals surface area contributed by atoms with Crippen LogP contribution >= 0.6 is 0 Å². The molecule has 0 spiro atoms. The van der Waals surface area contributed by atoms with Gasteiger partial charge in [0.15, 0.2) is 5.75 Å². The number of nitrogens with zero attached hydrogens (tertiary/aromatic N) is 1. The quantitative estimate of drug-likeness (QED) is 0.440. The lowest BCUT2D eigenvalue weighted by Crippen LogP contribution is -2.45. The number of ether oxygens (including phenoxy) is 1. The lowest BCUT2D eigenvalue weighted by atomic mass is 9.98.